The first-order chi connectivity index (χ1) is 11.9. The largest absolute Gasteiger partial charge is 0.341 e. The molecule has 3 fully saturated rings. The third kappa shape index (κ3) is 3.26. The first-order valence-electron chi connectivity index (χ1n) is 9.55. The minimum atomic E-state index is -0.737. The number of rotatable bonds is 3. The molecule has 0 saturated carbocycles. The number of piperidine rings is 2. The van der Waals surface area contributed by atoms with Crippen molar-refractivity contribution in [3.05, 3.63) is 0 Å². The zero-order valence-electron chi connectivity index (χ0n) is 15.6. The number of urea groups is 1. The summed E-state index contributed by atoms with van der Waals surface area (Å²) in [6, 6.07) is -0.0225. The van der Waals surface area contributed by atoms with Gasteiger partial charge in [-0.3, -0.25) is 14.5 Å². The lowest BCUT2D eigenvalue weighted by Crippen LogP contribution is -2.57. The molecular weight excluding hydrogens is 320 g/mol. The van der Waals surface area contributed by atoms with Crippen LogP contribution in [0.5, 0.6) is 0 Å². The smallest absolute Gasteiger partial charge is 0.325 e. The number of nitrogens with one attached hydrogen (secondary N) is 1. The molecule has 0 bridgehead atoms. The van der Waals surface area contributed by atoms with Gasteiger partial charge in [-0.05, 0) is 39.5 Å². The fourth-order valence-electron chi connectivity index (χ4n) is 4.35. The Labute approximate surface area is 149 Å². The summed E-state index contributed by atoms with van der Waals surface area (Å²) in [4.78, 5) is 43.3. The van der Waals surface area contributed by atoms with Crippen LogP contribution in [0.4, 0.5) is 4.79 Å². The summed E-state index contributed by atoms with van der Waals surface area (Å²) in [6.07, 6.45) is 3.40. The molecule has 7 heteroatoms. The van der Waals surface area contributed by atoms with E-state index in [9.17, 15) is 14.4 Å². The first kappa shape index (κ1) is 18.2. The van der Waals surface area contributed by atoms with Gasteiger partial charge in [0.1, 0.15) is 5.54 Å². The molecule has 25 heavy (non-hydrogen) atoms. The number of hydrogen-bond donors (Lipinski definition) is 1. The number of likely N-dealkylation sites (tertiary alicyclic amines) is 2. The van der Waals surface area contributed by atoms with Crippen molar-refractivity contribution in [2.24, 2.45) is 0 Å². The molecule has 3 aliphatic rings. The average Bonchev–Trinajstić information content (AvgIpc) is 2.84. The van der Waals surface area contributed by atoms with Crippen molar-refractivity contribution in [1.82, 2.24) is 20.0 Å². The Kier molecular flexibility index (Phi) is 5.04. The zero-order valence-corrected chi connectivity index (χ0v) is 15.6. The monoisotopic (exact) mass is 350 g/mol. The highest BCUT2D eigenvalue weighted by atomic mass is 16.2. The Morgan fingerprint density at radius 1 is 1.24 bits per heavy atom. The fourth-order valence-corrected chi connectivity index (χ4v) is 4.35. The van der Waals surface area contributed by atoms with Crippen molar-refractivity contribution in [2.75, 3.05) is 26.2 Å². The molecule has 3 saturated heterocycles. The molecule has 140 valence electrons. The first-order valence-corrected chi connectivity index (χ1v) is 9.55. The van der Waals surface area contributed by atoms with E-state index in [-0.39, 0.29) is 23.9 Å². The molecule has 0 aromatic carbocycles. The number of imide groups is 1. The van der Waals surface area contributed by atoms with Gasteiger partial charge in [-0.1, -0.05) is 6.92 Å². The summed E-state index contributed by atoms with van der Waals surface area (Å²) in [6.45, 7) is 8.99. The number of nitrogens with zero attached hydrogens (tertiary/aromatic N) is 3. The van der Waals surface area contributed by atoms with Crippen molar-refractivity contribution in [3.8, 4) is 0 Å². The molecule has 0 radical (unpaired) electrons. The van der Waals surface area contributed by atoms with Crippen molar-refractivity contribution in [2.45, 2.75) is 70.5 Å². The Morgan fingerprint density at radius 2 is 1.92 bits per heavy atom. The van der Waals surface area contributed by atoms with E-state index >= 15 is 0 Å². The molecular formula is C18H30N4O3. The van der Waals surface area contributed by atoms with E-state index in [1.165, 1.54) is 4.90 Å². The van der Waals surface area contributed by atoms with Gasteiger partial charge < -0.3 is 15.1 Å². The van der Waals surface area contributed by atoms with Gasteiger partial charge in [-0.15, -0.1) is 0 Å². The maximum atomic E-state index is 13.1. The minimum absolute atomic E-state index is 0.0864. The van der Waals surface area contributed by atoms with Gasteiger partial charge in [0.25, 0.3) is 5.91 Å². The average molecular weight is 350 g/mol. The lowest BCUT2D eigenvalue weighted by atomic mass is 9.86. The van der Waals surface area contributed by atoms with E-state index in [2.05, 4.69) is 24.1 Å². The molecule has 1 N–H and O–H groups in total. The van der Waals surface area contributed by atoms with Crippen molar-refractivity contribution >= 4 is 17.8 Å². The topological polar surface area (TPSA) is 73.0 Å². The molecule has 7 nitrogen and oxygen atoms in total. The number of hydrogen-bond acceptors (Lipinski definition) is 4. The van der Waals surface area contributed by atoms with Crippen LogP contribution in [0.2, 0.25) is 0 Å². The van der Waals surface area contributed by atoms with Crippen LogP contribution >= 0.6 is 0 Å². The van der Waals surface area contributed by atoms with E-state index in [1.54, 1.807) is 4.90 Å². The van der Waals surface area contributed by atoms with E-state index < -0.39 is 5.54 Å². The third-order valence-corrected chi connectivity index (χ3v) is 5.99. The Hall–Kier alpha value is -1.63. The normalized spacial score (nSPS) is 27.3. The van der Waals surface area contributed by atoms with Crippen LogP contribution < -0.4 is 5.32 Å². The standard InChI is InChI=1S/C18H30N4O3/c1-4-15(23)21-9-5-6-14(12-21)22-16(24)18(19-17(22)25)7-10-20(11-8-18)13(2)3/h13-14H,4-12H2,1-3H3,(H,19,25)/t14-/m1/s1. The molecule has 3 heterocycles. The van der Waals surface area contributed by atoms with Crippen molar-refractivity contribution in [1.29, 1.82) is 0 Å². The summed E-state index contributed by atoms with van der Waals surface area (Å²) in [5, 5.41) is 2.99. The van der Waals surface area contributed by atoms with Crippen LogP contribution in [0.1, 0.15) is 52.9 Å². The van der Waals surface area contributed by atoms with Crippen LogP contribution in [0.25, 0.3) is 0 Å². The highest BCUT2D eigenvalue weighted by molar-refractivity contribution is 6.07. The second-order valence-corrected chi connectivity index (χ2v) is 7.81. The van der Waals surface area contributed by atoms with E-state index in [1.807, 2.05) is 6.92 Å². The van der Waals surface area contributed by atoms with Crippen LogP contribution in [-0.2, 0) is 9.59 Å². The second kappa shape index (κ2) is 6.94. The van der Waals surface area contributed by atoms with Crippen molar-refractivity contribution in [3.63, 3.8) is 0 Å². The molecule has 1 spiro atoms. The number of carbonyl (C=O) groups is 3. The minimum Gasteiger partial charge on any atom is -0.341 e. The van der Waals surface area contributed by atoms with Crippen LogP contribution in [0.15, 0.2) is 0 Å². The maximum Gasteiger partial charge on any atom is 0.325 e. The second-order valence-electron chi connectivity index (χ2n) is 7.81. The number of carbonyl (C=O) groups excluding carboxylic acids is 3. The quantitative estimate of drug-likeness (QED) is 0.776. The van der Waals surface area contributed by atoms with Gasteiger partial charge in [0.15, 0.2) is 0 Å². The van der Waals surface area contributed by atoms with Gasteiger partial charge in [-0.2, -0.15) is 0 Å². The summed E-state index contributed by atoms with van der Waals surface area (Å²) in [5.74, 6) is 0.00779. The van der Waals surface area contributed by atoms with E-state index in [0.29, 0.717) is 31.8 Å². The molecule has 1 atom stereocenters. The highest BCUT2D eigenvalue weighted by Gasteiger charge is 2.54. The van der Waals surface area contributed by atoms with Crippen LogP contribution in [0, 0.1) is 0 Å². The lowest BCUT2D eigenvalue weighted by Gasteiger charge is -2.40. The highest BCUT2D eigenvalue weighted by Crippen LogP contribution is 2.32. The molecule has 0 aromatic rings. The summed E-state index contributed by atoms with van der Waals surface area (Å²) in [5.41, 5.74) is -0.737. The summed E-state index contributed by atoms with van der Waals surface area (Å²) in [7, 11) is 0. The van der Waals surface area contributed by atoms with E-state index in [0.717, 1.165) is 32.5 Å². The van der Waals surface area contributed by atoms with Crippen LogP contribution in [-0.4, -0.2) is 76.3 Å². The number of amides is 4. The van der Waals surface area contributed by atoms with Crippen molar-refractivity contribution < 1.29 is 14.4 Å². The Morgan fingerprint density at radius 3 is 2.52 bits per heavy atom. The molecule has 0 aromatic heterocycles. The summed E-state index contributed by atoms with van der Waals surface area (Å²) >= 11 is 0. The van der Waals surface area contributed by atoms with E-state index in [4.69, 9.17) is 0 Å². The molecule has 3 rings (SSSR count). The predicted octanol–water partition coefficient (Wildman–Crippen LogP) is 1.18. The van der Waals surface area contributed by atoms with Gasteiger partial charge in [0, 0.05) is 38.6 Å². The Balaban J connectivity index is 1.70. The molecule has 4 amide bonds. The Bertz CT molecular complexity index is 555. The maximum absolute atomic E-state index is 13.1. The molecule has 0 aliphatic carbocycles. The van der Waals surface area contributed by atoms with Crippen LogP contribution in [0.3, 0.4) is 0 Å². The van der Waals surface area contributed by atoms with Gasteiger partial charge in [-0.25, -0.2) is 4.79 Å². The van der Waals surface area contributed by atoms with Gasteiger partial charge in [0.05, 0.1) is 6.04 Å². The van der Waals surface area contributed by atoms with Gasteiger partial charge >= 0.3 is 6.03 Å². The predicted molar refractivity (Wildman–Crippen MR) is 93.9 cm³/mol. The lowest BCUT2D eigenvalue weighted by molar-refractivity contribution is -0.139. The third-order valence-electron chi connectivity index (χ3n) is 5.99. The molecule has 0 unspecified atom stereocenters. The zero-order chi connectivity index (χ0) is 18.2. The fraction of sp³-hybridized carbons (Fsp3) is 0.833. The molecule has 3 aliphatic heterocycles. The summed E-state index contributed by atoms with van der Waals surface area (Å²) < 4.78 is 0. The van der Waals surface area contributed by atoms with Gasteiger partial charge in [0.2, 0.25) is 5.91 Å². The SMILES string of the molecule is CCC(=O)N1CCC[C@@H](N2C(=O)NC3(CCN(C(C)C)CC3)C2=O)C1.